The van der Waals surface area contributed by atoms with Crippen molar-refractivity contribution in [2.24, 2.45) is 0 Å². The molecule has 0 amide bonds. The highest BCUT2D eigenvalue weighted by atomic mass is 15.2. The normalized spacial score (nSPS) is 20.5. The Morgan fingerprint density at radius 1 is 0.900 bits per heavy atom. The molecule has 2 heteroatoms. The van der Waals surface area contributed by atoms with E-state index in [0.29, 0.717) is 6.04 Å². The SMILES string of the molecule is c1ccc(CN2CCNCC[C@@H]2c2ccccc2)cc1. The first-order valence-corrected chi connectivity index (χ1v) is 7.47. The maximum absolute atomic E-state index is 3.52. The summed E-state index contributed by atoms with van der Waals surface area (Å²) in [6.45, 7) is 4.32. The number of hydrogen-bond acceptors (Lipinski definition) is 2. The van der Waals surface area contributed by atoms with Gasteiger partial charge in [0.1, 0.15) is 0 Å². The first kappa shape index (κ1) is 13.3. The molecule has 0 bridgehead atoms. The summed E-state index contributed by atoms with van der Waals surface area (Å²) >= 11 is 0. The van der Waals surface area contributed by atoms with E-state index in [-0.39, 0.29) is 0 Å². The second-order valence-corrected chi connectivity index (χ2v) is 5.42. The quantitative estimate of drug-likeness (QED) is 0.917. The zero-order valence-corrected chi connectivity index (χ0v) is 11.8. The van der Waals surface area contributed by atoms with E-state index in [9.17, 15) is 0 Å². The van der Waals surface area contributed by atoms with Crippen LogP contribution in [0.1, 0.15) is 23.6 Å². The lowest BCUT2D eigenvalue weighted by atomic mass is 10.0. The maximum Gasteiger partial charge on any atom is 0.0364 e. The highest BCUT2D eigenvalue weighted by molar-refractivity contribution is 5.21. The Labute approximate surface area is 121 Å². The Hall–Kier alpha value is -1.64. The van der Waals surface area contributed by atoms with Crippen LogP contribution in [0.5, 0.6) is 0 Å². The Balaban J connectivity index is 1.81. The van der Waals surface area contributed by atoms with Crippen LogP contribution < -0.4 is 5.32 Å². The van der Waals surface area contributed by atoms with Gasteiger partial charge in [-0.2, -0.15) is 0 Å². The van der Waals surface area contributed by atoms with Crippen LogP contribution in [0.3, 0.4) is 0 Å². The van der Waals surface area contributed by atoms with Crippen LogP contribution in [-0.2, 0) is 6.54 Å². The smallest absolute Gasteiger partial charge is 0.0364 e. The topological polar surface area (TPSA) is 15.3 Å². The molecule has 1 saturated heterocycles. The van der Waals surface area contributed by atoms with Crippen LogP contribution in [0.2, 0.25) is 0 Å². The van der Waals surface area contributed by atoms with Crippen LogP contribution in [0.4, 0.5) is 0 Å². The molecule has 0 radical (unpaired) electrons. The summed E-state index contributed by atoms with van der Waals surface area (Å²) in [7, 11) is 0. The molecule has 104 valence electrons. The van der Waals surface area contributed by atoms with Gasteiger partial charge >= 0.3 is 0 Å². The Morgan fingerprint density at radius 2 is 1.60 bits per heavy atom. The highest BCUT2D eigenvalue weighted by Crippen LogP contribution is 2.26. The summed E-state index contributed by atoms with van der Waals surface area (Å²) in [4.78, 5) is 2.60. The lowest BCUT2D eigenvalue weighted by Gasteiger charge is -2.30. The Kier molecular flexibility index (Phi) is 4.46. The Bertz CT molecular complexity index is 509. The first-order valence-electron chi connectivity index (χ1n) is 7.47. The van der Waals surface area contributed by atoms with Crippen LogP contribution in [0, 0.1) is 0 Å². The Morgan fingerprint density at radius 3 is 2.35 bits per heavy atom. The van der Waals surface area contributed by atoms with Crippen molar-refractivity contribution in [3.8, 4) is 0 Å². The summed E-state index contributed by atoms with van der Waals surface area (Å²) in [5.41, 5.74) is 2.84. The molecule has 1 N–H and O–H groups in total. The zero-order chi connectivity index (χ0) is 13.6. The van der Waals surface area contributed by atoms with Gasteiger partial charge in [-0.05, 0) is 24.1 Å². The third-order valence-corrected chi connectivity index (χ3v) is 4.02. The fraction of sp³-hybridized carbons (Fsp3) is 0.333. The number of rotatable bonds is 3. The second-order valence-electron chi connectivity index (χ2n) is 5.42. The third-order valence-electron chi connectivity index (χ3n) is 4.02. The van der Waals surface area contributed by atoms with Gasteiger partial charge in [0.05, 0.1) is 0 Å². The molecule has 2 aromatic rings. The van der Waals surface area contributed by atoms with Crippen molar-refractivity contribution in [1.29, 1.82) is 0 Å². The van der Waals surface area contributed by atoms with Gasteiger partial charge in [-0.3, -0.25) is 4.90 Å². The average Bonchev–Trinajstić information content (AvgIpc) is 2.75. The first-order chi connectivity index (χ1) is 9.93. The molecular weight excluding hydrogens is 244 g/mol. The van der Waals surface area contributed by atoms with Crippen molar-refractivity contribution in [3.63, 3.8) is 0 Å². The minimum absolute atomic E-state index is 0.520. The summed E-state index contributed by atoms with van der Waals surface area (Å²) in [6.07, 6.45) is 1.18. The number of nitrogens with one attached hydrogen (secondary N) is 1. The molecule has 1 aliphatic rings. The van der Waals surface area contributed by atoms with E-state index in [1.165, 1.54) is 17.5 Å². The predicted molar refractivity (Wildman–Crippen MR) is 83.5 cm³/mol. The third kappa shape index (κ3) is 3.27. The predicted octanol–water partition coefficient (Wildman–Crippen LogP) is 3.22. The van der Waals surface area contributed by atoms with Gasteiger partial charge < -0.3 is 5.32 Å². The molecule has 1 atom stereocenters. The fourth-order valence-corrected chi connectivity index (χ4v) is 2.98. The molecule has 0 spiro atoms. The van der Waals surface area contributed by atoms with Crippen LogP contribution >= 0.6 is 0 Å². The van der Waals surface area contributed by atoms with Gasteiger partial charge in [0.25, 0.3) is 0 Å². The summed E-state index contributed by atoms with van der Waals surface area (Å²) in [5, 5.41) is 3.52. The molecule has 1 fully saturated rings. The van der Waals surface area contributed by atoms with Crippen molar-refractivity contribution < 1.29 is 0 Å². The van der Waals surface area contributed by atoms with E-state index in [2.05, 4.69) is 70.9 Å². The zero-order valence-electron chi connectivity index (χ0n) is 11.8. The van der Waals surface area contributed by atoms with Gasteiger partial charge in [0, 0.05) is 25.7 Å². The van der Waals surface area contributed by atoms with Gasteiger partial charge in [-0.15, -0.1) is 0 Å². The molecule has 3 rings (SSSR count). The number of hydrogen-bond donors (Lipinski definition) is 1. The van der Waals surface area contributed by atoms with E-state index in [1.807, 2.05) is 0 Å². The van der Waals surface area contributed by atoms with E-state index < -0.39 is 0 Å². The molecule has 0 unspecified atom stereocenters. The molecule has 0 aromatic heterocycles. The van der Waals surface area contributed by atoms with Crippen molar-refractivity contribution >= 4 is 0 Å². The summed E-state index contributed by atoms with van der Waals surface area (Å²) in [6, 6.07) is 22.2. The lowest BCUT2D eigenvalue weighted by Crippen LogP contribution is -2.30. The van der Waals surface area contributed by atoms with Gasteiger partial charge in [0.2, 0.25) is 0 Å². The van der Waals surface area contributed by atoms with Gasteiger partial charge in [0.15, 0.2) is 0 Å². The second kappa shape index (κ2) is 6.69. The lowest BCUT2D eigenvalue weighted by molar-refractivity contribution is 0.199. The highest BCUT2D eigenvalue weighted by Gasteiger charge is 2.22. The fourth-order valence-electron chi connectivity index (χ4n) is 2.98. The number of nitrogens with zero attached hydrogens (tertiary/aromatic N) is 1. The van der Waals surface area contributed by atoms with Gasteiger partial charge in [-0.25, -0.2) is 0 Å². The molecule has 2 nitrogen and oxygen atoms in total. The van der Waals surface area contributed by atoms with Crippen LogP contribution in [-0.4, -0.2) is 24.5 Å². The van der Waals surface area contributed by atoms with Crippen molar-refractivity contribution in [1.82, 2.24) is 10.2 Å². The van der Waals surface area contributed by atoms with E-state index in [0.717, 1.165) is 26.2 Å². The monoisotopic (exact) mass is 266 g/mol. The minimum atomic E-state index is 0.520. The molecule has 20 heavy (non-hydrogen) atoms. The minimum Gasteiger partial charge on any atom is -0.315 e. The summed E-state index contributed by atoms with van der Waals surface area (Å²) < 4.78 is 0. The molecule has 1 heterocycles. The molecular formula is C18H22N2. The van der Waals surface area contributed by atoms with Crippen molar-refractivity contribution in [2.75, 3.05) is 19.6 Å². The summed E-state index contributed by atoms with van der Waals surface area (Å²) in [5.74, 6) is 0. The number of benzene rings is 2. The molecule has 1 aliphatic heterocycles. The van der Waals surface area contributed by atoms with Crippen LogP contribution in [0.25, 0.3) is 0 Å². The standard InChI is InChI=1S/C18H22N2/c1-3-7-16(8-4-1)15-20-14-13-19-12-11-18(20)17-9-5-2-6-10-17/h1-10,18-19H,11-15H2/t18-/m1/s1. The largest absolute Gasteiger partial charge is 0.315 e. The van der Waals surface area contributed by atoms with Crippen molar-refractivity contribution in [3.05, 3.63) is 71.8 Å². The van der Waals surface area contributed by atoms with E-state index in [4.69, 9.17) is 0 Å². The average molecular weight is 266 g/mol. The van der Waals surface area contributed by atoms with Gasteiger partial charge in [-0.1, -0.05) is 60.7 Å². The van der Waals surface area contributed by atoms with E-state index >= 15 is 0 Å². The molecule has 0 saturated carbocycles. The maximum atomic E-state index is 3.52. The van der Waals surface area contributed by atoms with E-state index in [1.54, 1.807) is 0 Å². The molecule has 2 aromatic carbocycles. The van der Waals surface area contributed by atoms with Crippen LogP contribution in [0.15, 0.2) is 60.7 Å². The van der Waals surface area contributed by atoms with Crippen molar-refractivity contribution in [2.45, 2.75) is 19.0 Å². The molecule has 0 aliphatic carbocycles.